The molecule has 18 heavy (non-hydrogen) atoms. The zero-order valence-corrected chi connectivity index (χ0v) is 10.4. The standard InChI is InChI=1S/C11H12N4O2S/c1-7(16)8-2-4-9(5-3-8)13-11(17)14-10-6-12-15-18-10/h2-7,16H,1H3,(H2,13,14,17). The van der Waals surface area contributed by atoms with Gasteiger partial charge >= 0.3 is 6.03 Å². The molecule has 0 radical (unpaired) electrons. The molecule has 1 unspecified atom stereocenters. The first-order chi connectivity index (χ1) is 8.65. The van der Waals surface area contributed by atoms with Crippen LogP contribution in [-0.2, 0) is 0 Å². The van der Waals surface area contributed by atoms with Crippen LogP contribution >= 0.6 is 11.5 Å². The average molecular weight is 264 g/mol. The Bertz CT molecular complexity index is 510. The summed E-state index contributed by atoms with van der Waals surface area (Å²) in [5.41, 5.74) is 1.45. The Morgan fingerprint density at radius 3 is 2.61 bits per heavy atom. The third kappa shape index (κ3) is 3.25. The van der Waals surface area contributed by atoms with E-state index in [0.717, 1.165) is 17.1 Å². The van der Waals surface area contributed by atoms with Crippen molar-refractivity contribution in [1.82, 2.24) is 9.59 Å². The van der Waals surface area contributed by atoms with Crippen molar-refractivity contribution in [3.05, 3.63) is 36.0 Å². The molecule has 6 nitrogen and oxygen atoms in total. The second-order valence-electron chi connectivity index (χ2n) is 3.66. The SMILES string of the molecule is CC(O)c1ccc(NC(=O)Nc2cnns2)cc1. The molecule has 1 aromatic heterocycles. The number of anilines is 2. The van der Waals surface area contributed by atoms with Crippen LogP contribution in [0.5, 0.6) is 0 Å². The van der Waals surface area contributed by atoms with E-state index in [9.17, 15) is 9.90 Å². The fraction of sp³-hybridized carbons (Fsp3) is 0.182. The lowest BCUT2D eigenvalue weighted by Crippen LogP contribution is -2.18. The van der Waals surface area contributed by atoms with Crippen LogP contribution in [0.3, 0.4) is 0 Å². The Balaban J connectivity index is 1.95. The minimum absolute atomic E-state index is 0.356. The summed E-state index contributed by atoms with van der Waals surface area (Å²) in [6.07, 6.45) is 0.956. The summed E-state index contributed by atoms with van der Waals surface area (Å²) in [5.74, 6) is 0. The largest absolute Gasteiger partial charge is 0.389 e. The summed E-state index contributed by atoms with van der Waals surface area (Å²) in [4.78, 5) is 11.6. The zero-order valence-electron chi connectivity index (χ0n) is 9.62. The lowest BCUT2D eigenvalue weighted by atomic mass is 10.1. The molecule has 3 N–H and O–H groups in total. The van der Waals surface area contributed by atoms with Gasteiger partial charge in [0.05, 0.1) is 12.3 Å². The number of benzene rings is 1. The highest BCUT2D eigenvalue weighted by molar-refractivity contribution is 7.10. The number of rotatable bonds is 3. The van der Waals surface area contributed by atoms with Gasteiger partial charge < -0.3 is 10.4 Å². The monoisotopic (exact) mass is 264 g/mol. The van der Waals surface area contributed by atoms with Gasteiger partial charge in [-0.25, -0.2) is 4.79 Å². The van der Waals surface area contributed by atoms with Crippen molar-refractivity contribution in [2.24, 2.45) is 0 Å². The Kier molecular flexibility index (Phi) is 3.85. The van der Waals surface area contributed by atoms with Crippen molar-refractivity contribution in [1.29, 1.82) is 0 Å². The molecule has 0 aliphatic carbocycles. The van der Waals surface area contributed by atoms with E-state index in [0.29, 0.717) is 10.7 Å². The van der Waals surface area contributed by atoms with Crippen molar-refractivity contribution < 1.29 is 9.90 Å². The molecule has 1 heterocycles. The van der Waals surface area contributed by atoms with Crippen LogP contribution in [0.25, 0.3) is 0 Å². The van der Waals surface area contributed by atoms with Crippen molar-refractivity contribution in [3.63, 3.8) is 0 Å². The number of aliphatic hydroxyl groups is 1. The van der Waals surface area contributed by atoms with Crippen molar-refractivity contribution in [2.75, 3.05) is 10.6 Å². The van der Waals surface area contributed by atoms with Gasteiger partial charge in [0.25, 0.3) is 0 Å². The Labute approximate surface area is 108 Å². The van der Waals surface area contributed by atoms with Crippen LogP contribution in [0.4, 0.5) is 15.5 Å². The number of carbonyl (C=O) groups is 1. The van der Waals surface area contributed by atoms with Gasteiger partial charge in [0.1, 0.15) is 5.00 Å². The molecule has 0 aliphatic heterocycles. The van der Waals surface area contributed by atoms with Crippen LogP contribution in [0.1, 0.15) is 18.6 Å². The van der Waals surface area contributed by atoms with Gasteiger partial charge in [0.15, 0.2) is 0 Å². The number of carbonyl (C=O) groups excluding carboxylic acids is 1. The molecule has 2 rings (SSSR count). The predicted octanol–water partition coefficient (Wildman–Crippen LogP) is 2.24. The Morgan fingerprint density at radius 2 is 2.06 bits per heavy atom. The van der Waals surface area contributed by atoms with E-state index in [1.807, 2.05) is 0 Å². The van der Waals surface area contributed by atoms with Crippen LogP contribution in [0, 0.1) is 0 Å². The van der Waals surface area contributed by atoms with E-state index in [1.54, 1.807) is 31.2 Å². The van der Waals surface area contributed by atoms with E-state index in [1.165, 1.54) is 6.20 Å². The number of nitrogens with one attached hydrogen (secondary N) is 2. The molecule has 0 saturated heterocycles. The summed E-state index contributed by atoms with van der Waals surface area (Å²) < 4.78 is 3.63. The smallest absolute Gasteiger partial charge is 0.324 e. The fourth-order valence-electron chi connectivity index (χ4n) is 1.34. The van der Waals surface area contributed by atoms with Gasteiger partial charge in [-0.05, 0) is 24.6 Å². The topological polar surface area (TPSA) is 87.1 Å². The minimum Gasteiger partial charge on any atom is -0.389 e. The Hall–Kier alpha value is -1.99. The molecule has 2 aromatic rings. The fourth-order valence-corrected chi connectivity index (χ4v) is 1.76. The van der Waals surface area contributed by atoms with Crippen LogP contribution < -0.4 is 10.6 Å². The van der Waals surface area contributed by atoms with Crippen molar-refractivity contribution in [3.8, 4) is 0 Å². The van der Waals surface area contributed by atoms with Gasteiger partial charge in [-0.1, -0.05) is 16.6 Å². The van der Waals surface area contributed by atoms with E-state index < -0.39 is 6.10 Å². The van der Waals surface area contributed by atoms with E-state index in [-0.39, 0.29) is 6.03 Å². The third-order valence-electron chi connectivity index (χ3n) is 2.25. The summed E-state index contributed by atoms with van der Waals surface area (Å²) in [6, 6.07) is 6.62. The molecule has 0 saturated carbocycles. The normalized spacial score (nSPS) is 11.9. The lowest BCUT2D eigenvalue weighted by molar-refractivity contribution is 0.199. The quantitative estimate of drug-likeness (QED) is 0.793. The number of urea groups is 1. The maximum absolute atomic E-state index is 11.6. The van der Waals surface area contributed by atoms with E-state index in [4.69, 9.17) is 0 Å². The van der Waals surface area contributed by atoms with Crippen molar-refractivity contribution in [2.45, 2.75) is 13.0 Å². The molecular formula is C11H12N4O2S. The number of aromatic nitrogens is 2. The van der Waals surface area contributed by atoms with E-state index in [2.05, 4.69) is 20.2 Å². The lowest BCUT2D eigenvalue weighted by Gasteiger charge is -2.08. The third-order valence-corrected chi connectivity index (χ3v) is 2.83. The molecule has 1 atom stereocenters. The minimum atomic E-state index is -0.517. The van der Waals surface area contributed by atoms with Gasteiger partial charge in [0, 0.05) is 17.2 Å². The van der Waals surface area contributed by atoms with Crippen LogP contribution in [0.2, 0.25) is 0 Å². The number of hydrogen-bond donors (Lipinski definition) is 3. The molecular weight excluding hydrogens is 252 g/mol. The highest BCUT2D eigenvalue weighted by atomic mass is 32.1. The maximum Gasteiger partial charge on any atom is 0.324 e. The summed E-state index contributed by atoms with van der Waals surface area (Å²) >= 11 is 1.10. The highest BCUT2D eigenvalue weighted by Gasteiger charge is 2.05. The first-order valence-electron chi connectivity index (χ1n) is 5.28. The maximum atomic E-state index is 11.6. The number of aliphatic hydroxyl groups excluding tert-OH is 1. The van der Waals surface area contributed by atoms with Gasteiger partial charge in [-0.3, -0.25) is 5.32 Å². The molecule has 0 fully saturated rings. The average Bonchev–Trinajstić information content (AvgIpc) is 2.82. The molecule has 0 spiro atoms. The van der Waals surface area contributed by atoms with Crippen LogP contribution in [0.15, 0.2) is 30.5 Å². The second kappa shape index (κ2) is 5.56. The Morgan fingerprint density at radius 1 is 1.33 bits per heavy atom. The summed E-state index contributed by atoms with van der Waals surface area (Å²) in [6.45, 7) is 1.69. The number of amides is 2. The second-order valence-corrected chi connectivity index (χ2v) is 4.44. The molecule has 1 aromatic carbocycles. The van der Waals surface area contributed by atoms with Gasteiger partial charge in [0.2, 0.25) is 0 Å². The summed E-state index contributed by atoms with van der Waals surface area (Å²) in [7, 11) is 0. The molecule has 0 aliphatic rings. The summed E-state index contributed by atoms with van der Waals surface area (Å²) in [5, 5.41) is 18.8. The first-order valence-corrected chi connectivity index (χ1v) is 6.06. The number of nitrogens with zero attached hydrogens (tertiary/aromatic N) is 2. The van der Waals surface area contributed by atoms with E-state index >= 15 is 0 Å². The molecule has 2 amide bonds. The number of hydrogen-bond acceptors (Lipinski definition) is 5. The first kappa shape index (κ1) is 12.5. The zero-order chi connectivity index (χ0) is 13.0. The van der Waals surface area contributed by atoms with Crippen molar-refractivity contribution >= 4 is 28.3 Å². The molecule has 94 valence electrons. The highest BCUT2D eigenvalue weighted by Crippen LogP contribution is 2.16. The molecule has 0 bridgehead atoms. The van der Waals surface area contributed by atoms with Crippen LogP contribution in [-0.4, -0.2) is 20.7 Å². The van der Waals surface area contributed by atoms with Gasteiger partial charge in [-0.15, -0.1) is 5.10 Å². The predicted molar refractivity (Wildman–Crippen MR) is 69.6 cm³/mol. The van der Waals surface area contributed by atoms with Gasteiger partial charge in [-0.2, -0.15) is 0 Å². The molecule has 7 heteroatoms.